The standard InChI is InChI=1S/C29H44O6/c1-17(7-12-27(32)33-6)23-10-11-24-22-9-8-20-15-21(34-18(2)30)13-14-28(20,4)25(22)16-26(29(23,24)5)35-19(3)31/h8-9,17,20-26H,7,10-16H2,1-6H3/t17-,20+,21+,22+,23-,24+,25+,26-,28-,29+/m0/s1. The van der Waals surface area contributed by atoms with E-state index >= 15 is 0 Å². The normalized spacial score (nSPS) is 42.7. The third-order valence-electron chi connectivity index (χ3n) is 10.6. The number of carbonyl (C=O) groups is 3. The molecule has 0 heterocycles. The Morgan fingerprint density at radius 2 is 1.69 bits per heavy atom. The third kappa shape index (κ3) is 4.67. The molecule has 6 nitrogen and oxygen atoms in total. The first-order chi connectivity index (χ1) is 16.5. The van der Waals surface area contributed by atoms with E-state index in [1.807, 2.05) is 0 Å². The van der Waals surface area contributed by atoms with Gasteiger partial charge in [-0.25, -0.2) is 0 Å². The van der Waals surface area contributed by atoms with Gasteiger partial charge in [0.1, 0.15) is 12.2 Å². The molecule has 0 N–H and O–H groups in total. The van der Waals surface area contributed by atoms with Crippen LogP contribution in [0.15, 0.2) is 12.2 Å². The minimum atomic E-state index is -0.201. The van der Waals surface area contributed by atoms with Gasteiger partial charge in [0.2, 0.25) is 0 Å². The fraction of sp³-hybridized carbons (Fsp3) is 0.828. The van der Waals surface area contributed by atoms with Crippen molar-refractivity contribution in [1.29, 1.82) is 0 Å². The second-order valence-corrected chi connectivity index (χ2v) is 12.3. The van der Waals surface area contributed by atoms with Gasteiger partial charge in [-0.3, -0.25) is 14.4 Å². The number of ether oxygens (including phenoxy) is 3. The van der Waals surface area contributed by atoms with Crippen LogP contribution >= 0.6 is 0 Å². The maximum absolute atomic E-state index is 12.3. The number of methoxy groups -OCH3 is 1. The molecular formula is C29H44O6. The van der Waals surface area contributed by atoms with E-state index in [-0.39, 0.29) is 40.9 Å². The largest absolute Gasteiger partial charge is 0.469 e. The summed E-state index contributed by atoms with van der Waals surface area (Å²) in [6.45, 7) is 10.1. The Morgan fingerprint density at radius 1 is 0.971 bits per heavy atom. The van der Waals surface area contributed by atoms with Gasteiger partial charge in [0.05, 0.1) is 7.11 Å². The molecule has 0 spiro atoms. The van der Waals surface area contributed by atoms with Crippen LogP contribution in [0.5, 0.6) is 0 Å². The van der Waals surface area contributed by atoms with Crippen molar-refractivity contribution < 1.29 is 28.6 Å². The van der Waals surface area contributed by atoms with E-state index in [0.717, 1.165) is 44.9 Å². The Kier molecular flexibility index (Phi) is 7.41. The fourth-order valence-corrected chi connectivity index (χ4v) is 8.85. The minimum Gasteiger partial charge on any atom is -0.469 e. The van der Waals surface area contributed by atoms with Crippen LogP contribution in [-0.2, 0) is 28.6 Å². The zero-order valence-electron chi connectivity index (χ0n) is 22.4. The molecular weight excluding hydrogens is 444 g/mol. The second kappa shape index (κ2) is 9.89. The number of fused-ring (bicyclic) bond motifs is 5. The fourth-order valence-electron chi connectivity index (χ4n) is 8.85. The zero-order valence-corrected chi connectivity index (χ0v) is 22.4. The Hall–Kier alpha value is -1.85. The molecule has 4 aliphatic rings. The molecule has 0 saturated heterocycles. The van der Waals surface area contributed by atoms with Crippen LogP contribution in [-0.4, -0.2) is 37.2 Å². The zero-order chi connectivity index (χ0) is 25.5. The predicted octanol–water partition coefficient (Wildman–Crippen LogP) is 5.48. The highest BCUT2D eigenvalue weighted by molar-refractivity contribution is 5.69. The Bertz CT molecular complexity index is 865. The monoisotopic (exact) mass is 488 g/mol. The van der Waals surface area contributed by atoms with Crippen molar-refractivity contribution >= 4 is 17.9 Å². The van der Waals surface area contributed by atoms with E-state index < -0.39 is 0 Å². The van der Waals surface area contributed by atoms with Gasteiger partial charge in [0, 0.05) is 25.7 Å². The van der Waals surface area contributed by atoms with Gasteiger partial charge in [-0.1, -0.05) is 32.9 Å². The molecule has 0 aromatic rings. The van der Waals surface area contributed by atoms with Gasteiger partial charge in [0.15, 0.2) is 0 Å². The van der Waals surface area contributed by atoms with Crippen LogP contribution in [0.1, 0.15) is 86.0 Å². The molecule has 0 aliphatic heterocycles. The quantitative estimate of drug-likeness (QED) is 0.280. The van der Waals surface area contributed by atoms with E-state index in [2.05, 4.69) is 32.9 Å². The number of carbonyl (C=O) groups excluding carboxylic acids is 3. The summed E-state index contributed by atoms with van der Waals surface area (Å²) >= 11 is 0. The molecule has 0 bridgehead atoms. The average molecular weight is 489 g/mol. The van der Waals surface area contributed by atoms with E-state index in [0.29, 0.717) is 41.9 Å². The van der Waals surface area contributed by atoms with Crippen molar-refractivity contribution in [3.63, 3.8) is 0 Å². The summed E-state index contributed by atoms with van der Waals surface area (Å²) in [6, 6.07) is 0. The lowest BCUT2D eigenvalue weighted by Gasteiger charge is -2.61. The van der Waals surface area contributed by atoms with E-state index in [1.54, 1.807) is 0 Å². The molecule has 0 aromatic heterocycles. The Balaban J connectivity index is 1.61. The molecule has 0 radical (unpaired) electrons. The number of allylic oxidation sites excluding steroid dienone is 2. The molecule has 196 valence electrons. The molecule has 6 heteroatoms. The van der Waals surface area contributed by atoms with Crippen molar-refractivity contribution in [3.8, 4) is 0 Å². The van der Waals surface area contributed by atoms with Gasteiger partial charge in [-0.05, 0) is 85.9 Å². The first kappa shape index (κ1) is 26.2. The molecule has 10 atom stereocenters. The lowest BCUT2D eigenvalue weighted by Crippen LogP contribution is -2.58. The SMILES string of the molecule is COC(=O)CC[C@H](C)[C@@H]1CC[C@@H]2[C@H]3C=C[C@@H]4C[C@H](OC(C)=O)CC[C@]4(C)[C@@H]3C[C@H](OC(C)=O)[C@@]21C. The van der Waals surface area contributed by atoms with Crippen LogP contribution in [0.2, 0.25) is 0 Å². The van der Waals surface area contributed by atoms with E-state index in [9.17, 15) is 14.4 Å². The molecule has 3 saturated carbocycles. The summed E-state index contributed by atoms with van der Waals surface area (Å²) < 4.78 is 16.6. The maximum atomic E-state index is 12.3. The maximum Gasteiger partial charge on any atom is 0.305 e. The van der Waals surface area contributed by atoms with Crippen molar-refractivity contribution in [2.75, 3.05) is 7.11 Å². The first-order valence-electron chi connectivity index (χ1n) is 13.6. The predicted molar refractivity (Wildman–Crippen MR) is 132 cm³/mol. The van der Waals surface area contributed by atoms with E-state index in [4.69, 9.17) is 14.2 Å². The molecule has 0 unspecified atom stereocenters. The Labute approximate surface area is 210 Å². The van der Waals surface area contributed by atoms with Crippen LogP contribution in [0.3, 0.4) is 0 Å². The number of hydrogen-bond acceptors (Lipinski definition) is 6. The number of hydrogen-bond donors (Lipinski definition) is 0. The number of rotatable bonds is 6. The van der Waals surface area contributed by atoms with Crippen molar-refractivity contribution in [3.05, 3.63) is 12.2 Å². The van der Waals surface area contributed by atoms with Crippen LogP contribution < -0.4 is 0 Å². The number of esters is 3. The lowest BCUT2D eigenvalue weighted by atomic mass is 9.45. The first-order valence-corrected chi connectivity index (χ1v) is 13.6. The minimum absolute atomic E-state index is 0.00332. The van der Waals surface area contributed by atoms with Crippen LogP contribution in [0, 0.1) is 46.3 Å². The summed E-state index contributed by atoms with van der Waals surface area (Å²) in [7, 11) is 1.45. The highest BCUT2D eigenvalue weighted by atomic mass is 16.5. The molecule has 3 fully saturated rings. The molecule has 4 rings (SSSR count). The highest BCUT2D eigenvalue weighted by Gasteiger charge is 2.64. The summed E-state index contributed by atoms with van der Waals surface area (Å²) in [4.78, 5) is 35.7. The topological polar surface area (TPSA) is 78.9 Å². The van der Waals surface area contributed by atoms with Gasteiger partial charge >= 0.3 is 17.9 Å². The molecule has 0 amide bonds. The van der Waals surface area contributed by atoms with E-state index in [1.165, 1.54) is 21.0 Å². The van der Waals surface area contributed by atoms with Crippen molar-refractivity contribution in [1.82, 2.24) is 0 Å². The van der Waals surface area contributed by atoms with Gasteiger partial charge in [0.25, 0.3) is 0 Å². The molecule has 4 aliphatic carbocycles. The van der Waals surface area contributed by atoms with Crippen LogP contribution in [0.4, 0.5) is 0 Å². The third-order valence-corrected chi connectivity index (χ3v) is 10.6. The summed E-state index contributed by atoms with van der Waals surface area (Å²) in [5.41, 5.74) is 0.00916. The Morgan fingerprint density at radius 3 is 2.34 bits per heavy atom. The van der Waals surface area contributed by atoms with Gasteiger partial charge in [-0.15, -0.1) is 0 Å². The summed E-state index contributed by atoms with van der Waals surface area (Å²) in [6.07, 6.45) is 11.9. The molecule has 0 aromatic carbocycles. The lowest BCUT2D eigenvalue weighted by molar-refractivity contribution is -0.183. The highest BCUT2D eigenvalue weighted by Crippen LogP contribution is 2.67. The summed E-state index contributed by atoms with van der Waals surface area (Å²) in [5.74, 6) is 1.95. The van der Waals surface area contributed by atoms with Gasteiger partial charge < -0.3 is 14.2 Å². The van der Waals surface area contributed by atoms with Crippen molar-refractivity contribution in [2.24, 2.45) is 46.3 Å². The summed E-state index contributed by atoms with van der Waals surface area (Å²) in [5, 5.41) is 0. The smallest absolute Gasteiger partial charge is 0.305 e. The van der Waals surface area contributed by atoms with Crippen LogP contribution in [0.25, 0.3) is 0 Å². The molecule has 35 heavy (non-hydrogen) atoms. The van der Waals surface area contributed by atoms with Crippen molar-refractivity contribution in [2.45, 2.75) is 98.2 Å². The second-order valence-electron chi connectivity index (χ2n) is 12.3. The van der Waals surface area contributed by atoms with Gasteiger partial charge in [-0.2, -0.15) is 0 Å². The average Bonchev–Trinajstić information content (AvgIpc) is 3.16.